The van der Waals surface area contributed by atoms with Gasteiger partial charge in [0.05, 0.1) is 6.26 Å². The van der Waals surface area contributed by atoms with E-state index in [1.165, 1.54) is 0 Å². The Morgan fingerprint density at radius 2 is 2.12 bits per heavy atom. The van der Waals surface area contributed by atoms with Crippen LogP contribution in [0.2, 0.25) is 0 Å². The number of likely N-dealkylation sites (tertiary alicyclic amines) is 1. The van der Waals surface area contributed by atoms with Crippen molar-refractivity contribution in [3.63, 3.8) is 0 Å². The van der Waals surface area contributed by atoms with Crippen LogP contribution in [0, 0.1) is 11.8 Å². The standard InChI is InChI=1S/C15H21N5O3S/c1-10(2)11-7-20(8-12(11)18-24(3,22)23)14(21)13-9-19-6-4-5-16-15(19)17-13/h4-6,9-12,18H,7-8H2,1-3H3. The lowest BCUT2D eigenvalue weighted by Gasteiger charge is -2.21. The van der Waals surface area contributed by atoms with Crippen LogP contribution in [-0.2, 0) is 10.0 Å². The molecule has 1 amide bonds. The number of carbonyl (C=O) groups excluding carboxylic acids is 1. The molecule has 0 saturated carbocycles. The molecule has 0 radical (unpaired) electrons. The van der Waals surface area contributed by atoms with Crippen molar-refractivity contribution in [2.45, 2.75) is 19.9 Å². The molecule has 0 bridgehead atoms. The summed E-state index contributed by atoms with van der Waals surface area (Å²) in [6.45, 7) is 4.91. The fraction of sp³-hybridized carbons (Fsp3) is 0.533. The van der Waals surface area contributed by atoms with E-state index in [1.807, 2.05) is 13.8 Å². The average Bonchev–Trinajstić information content (AvgIpc) is 3.08. The van der Waals surface area contributed by atoms with Crippen LogP contribution in [0.4, 0.5) is 0 Å². The highest BCUT2D eigenvalue weighted by atomic mass is 32.2. The smallest absolute Gasteiger partial charge is 0.274 e. The van der Waals surface area contributed by atoms with Crippen LogP contribution >= 0.6 is 0 Å². The molecule has 2 atom stereocenters. The monoisotopic (exact) mass is 351 g/mol. The number of carbonyl (C=O) groups is 1. The van der Waals surface area contributed by atoms with Gasteiger partial charge in [0.15, 0.2) is 0 Å². The topological polar surface area (TPSA) is 96.7 Å². The summed E-state index contributed by atoms with van der Waals surface area (Å²) in [5, 5.41) is 0. The van der Waals surface area contributed by atoms with Crippen LogP contribution < -0.4 is 4.72 Å². The Morgan fingerprint density at radius 1 is 1.38 bits per heavy atom. The third-order valence-corrected chi connectivity index (χ3v) is 5.06. The number of rotatable bonds is 4. The minimum absolute atomic E-state index is 0.0684. The molecular weight excluding hydrogens is 330 g/mol. The van der Waals surface area contributed by atoms with Gasteiger partial charge in [0.2, 0.25) is 15.8 Å². The van der Waals surface area contributed by atoms with Crippen LogP contribution in [0.3, 0.4) is 0 Å². The molecule has 3 rings (SSSR count). The SMILES string of the molecule is CC(C)C1CN(C(=O)c2cn3cccnc3n2)CC1NS(C)(=O)=O. The average molecular weight is 351 g/mol. The lowest BCUT2D eigenvalue weighted by Crippen LogP contribution is -2.41. The van der Waals surface area contributed by atoms with Gasteiger partial charge in [-0.1, -0.05) is 13.8 Å². The third kappa shape index (κ3) is 3.41. The number of amides is 1. The zero-order chi connectivity index (χ0) is 17.5. The minimum Gasteiger partial charge on any atom is -0.335 e. The summed E-state index contributed by atoms with van der Waals surface area (Å²) in [7, 11) is -3.33. The molecule has 0 aliphatic carbocycles. The van der Waals surface area contributed by atoms with E-state index < -0.39 is 10.0 Å². The predicted molar refractivity (Wildman–Crippen MR) is 89.0 cm³/mol. The van der Waals surface area contributed by atoms with Crippen molar-refractivity contribution in [1.82, 2.24) is 24.0 Å². The molecule has 1 aliphatic rings. The lowest BCUT2D eigenvalue weighted by molar-refractivity contribution is 0.0778. The van der Waals surface area contributed by atoms with Gasteiger partial charge in [-0.05, 0) is 17.9 Å². The van der Waals surface area contributed by atoms with Crippen molar-refractivity contribution in [1.29, 1.82) is 0 Å². The van der Waals surface area contributed by atoms with Gasteiger partial charge in [-0.2, -0.15) is 0 Å². The maximum Gasteiger partial charge on any atom is 0.274 e. The second-order valence-corrected chi connectivity index (χ2v) is 8.35. The third-order valence-electron chi connectivity index (χ3n) is 4.33. The van der Waals surface area contributed by atoms with E-state index in [9.17, 15) is 13.2 Å². The summed E-state index contributed by atoms with van der Waals surface area (Å²) < 4.78 is 27.5. The lowest BCUT2D eigenvalue weighted by atomic mass is 9.92. The Morgan fingerprint density at radius 3 is 2.75 bits per heavy atom. The molecule has 0 aromatic carbocycles. The van der Waals surface area contributed by atoms with Crippen LogP contribution in [0.5, 0.6) is 0 Å². The molecule has 8 nitrogen and oxygen atoms in total. The summed E-state index contributed by atoms with van der Waals surface area (Å²) in [6.07, 6.45) is 6.18. The van der Waals surface area contributed by atoms with Gasteiger partial charge in [-0.3, -0.25) is 9.20 Å². The highest BCUT2D eigenvalue weighted by molar-refractivity contribution is 7.88. The molecule has 2 aromatic heterocycles. The van der Waals surface area contributed by atoms with Crippen molar-refractivity contribution in [2.75, 3.05) is 19.3 Å². The first-order chi connectivity index (χ1) is 11.2. The Balaban J connectivity index is 1.82. The zero-order valence-corrected chi connectivity index (χ0v) is 14.7. The second kappa shape index (κ2) is 6.14. The van der Waals surface area contributed by atoms with Crippen molar-refractivity contribution in [3.8, 4) is 0 Å². The molecule has 9 heteroatoms. The summed E-state index contributed by atoms with van der Waals surface area (Å²) in [5.41, 5.74) is 0.316. The van der Waals surface area contributed by atoms with E-state index in [0.717, 1.165) is 6.26 Å². The van der Waals surface area contributed by atoms with Gasteiger partial charge in [-0.15, -0.1) is 0 Å². The van der Waals surface area contributed by atoms with Gasteiger partial charge < -0.3 is 4.90 Å². The summed E-state index contributed by atoms with van der Waals surface area (Å²) >= 11 is 0. The Hall–Kier alpha value is -2.00. The molecule has 1 N–H and O–H groups in total. The Bertz CT molecular complexity index is 828. The zero-order valence-electron chi connectivity index (χ0n) is 13.9. The quantitative estimate of drug-likeness (QED) is 0.859. The number of nitrogens with zero attached hydrogens (tertiary/aromatic N) is 4. The number of nitrogens with one attached hydrogen (secondary N) is 1. The molecule has 1 fully saturated rings. The van der Waals surface area contributed by atoms with E-state index in [0.29, 0.717) is 24.6 Å². The molecule has 3 heterocycles. The summed E-state index contributed by atoms with van der Waals surface area (Å²) in [6, 6.07) is 1.48. The van der Waals surface area contributed by atoms with Gasteiger partial charge in [0.25, 0.3) is 5.91 Å². The maximum atomic E-state index is 12.7. The van der Waals surface area contributed by atoms with Crippen molar-refractivity contribution in [2.24, 2.45) is 11.8 Å². The number of hydrogen-bond acceptors (Lipinski definition) is 5. The van der Waals surface area contributed by atoms with E-state index in [-0.39, 0.29) is 23.8 Å². The Kier molecular flexibility index (Phi) is 4.31. The minimum atomic E-state index is -3.33. The van der Waals surface area contributed by atoms with E-state index in [4.69, 9.17) is 0 Å². The molecule has 1 aliphatic heterocycles. The molecule has 24 heavy (non-hydrogen) atoms. The first-order valence-corrected chi connectivity index (χ1v) is 9.70. The van der Waals surface area contributed by atoms with E-state index in [1.54, 1.807) is 34.0 Å². The number of hydrogen-bond donors (Lipinski definition) is 1. The molecule has 1 saturated heterocycles. The maximum absolute atomic E-state index is 12.7. The normalized spacial score (nSPS) is 21.8. The van der Waals surface area contributed by atoms with Crippen molar-refractivity contribution in [3.05, 3.63) is 30.4 Å². The second-order valence-electron chi connectivity index (χ2n) is 6.57. The number of sulfonamides is 1. The van der Waals surface area contributed by atoms with Gasteiger partial charge in [-0.25, -0.2) is 23.1 Å². The molecular formula is C15H21N5O3S. The first-order valence-electron chi connectivity index (χ1n) is 7.81. The van der Waals surface area contributed by atoms with Crippen LogP contribution in [0.15, 0.2) is 24.7 Å². The summed E-state index contributed by atoms with van der Waals surface area (Å²) in [4.78, 5) is 22.8. The van der Waals surface area contributed by atoms with Crippen LogP contribution in [0.1, 0.15) is 24.3 Å². The predicted octanol–water partition coefficient (Wildman–Crippen LogP) is 0.375. The number of fused-ring (bicyclic) bond motifs is 1. The first kappa shape index (κ1) is 16.8. The molecule has 2 unspecified atom stereocenters. The van der Waals surface area contributed by atoms with E-state index >= 15 is 0 Å². The molecule has 130 valence electrons. The van der Waals surface area contributed by atoms with E-state index in [2.05, 4.69) is 14.7 Å². The molecule has 0 spiro atoms. The number of aromatic nitrogens is 3. The Labute approximate surface area is 140 Å². The van der Waals surface area contributed by atoms with Crippen LogP contribution in [0.25, 0.3) is 5.78 Å². The largest absolute Gasteiger partial charge is 0.335 e. The van der Waals surface area contributed by atoms with Crippen molar-refractivity contribution < 1.29 is 13.2 Å². The van der Waals surface area contributed by atoms with Gasteiger partial charge in [0.1, 0.15) is 5.69 Å². The fourth-order valence-electron chi connectivity index (χ4n) is 3.16. The fourth-order valence-corrected chi connectivity index (χ4v) is 3.96. The van der Waals surface area contributed by atoms with Gasteiger partial charge in [0, 0.05) is 37.7 Å². The molecule has 2 aromatic rings. The summed E-state index contributed by atoms with van der Waals surface area (Å²) in [5.74, 6) is 0.582. The highest BCUT2D eigenvalue weighted by Crippen LogP contribution is 2.26. The van der Waals surface area contributed by atoms with Crippen molar-refractivity contribution >= 4 is 21.7 Å². The van der Waals surface area contributed by atoms with Gasteiger partial charge >= 0.3 is 0 Å². The number of imidazole rings is 1. The highest BCUT2D eigenvalue weighted by Gasteiger charge is 2.39. The van der Waals surface area contributed by atoms with Crippen LogP contribution in [-0.4, -0.2) is 59.0 Å².